The molecule has 0 aliphatic carbocycles. The number of carbonyl (C=O) groups is 1. The van der Waals surface area contributed by atoms with Gasteiger partial charge in [0.25, 0.3) is 0 Å². The van der Waals surface area contributed by atoms with Gasteiger partial charge in [0, 0.05) is 19.8 Å². The van der Waals surface area contributed by atoms with E-state index in [2.05, 4.69) is 0 Å². The number of hydrogen-bond acceptors (Lipinski definition) is 4. The van der Waals surface area contributed by atoms with Crippen molar-refractivity contribution < 1.29 is 14.6 Å². The van der Waals surface area contributed by atoms with E-state index >= 15 is 0 Å². The lowest BCUT2D eigenvalue weighted by atomic mass is 10.0. The lowest BCUT2D eigenvalue weighted by Gasteiger charge is -2.16. The van der Waals surface area contributed by atoms with Gasteiger partial charge in [-0.1, -0.05) is 13.8 Å². The van der Waals surface area contributed by atoms with Crippen LogP contribution in [-0.4, -0.2) is 26.2 Å². The first-order valence-corrected chi connectivity index (χ1v) is 6.67. The summed E-state index contributed by atoms with van der Waals surface area (Å²) in [5, 5.41) is 0. The minimum Gasteiger partial charge on any atom is -0.378 e. The Bertz CT molecular complexity index is 429. The van der Waals surface area contributed by atoms with Crippen molar-refractivity contribution >= 4 is 11.7 Å². The minimum atomic E-state index is -0.428. The van der Waals surface area contributed by atoms with Crippen LogP contribution in [0.1, 0.15) is 43.1 Å². The van der Waals surface area contributed by atoms with Gasteiger partial charge in [0.05, 0.1) is 5.56 Å². The molecule has 4 heteroatoms. The Morgan fingerprint density at radius 2 is 2.00 bits per heavy atom. The number of nitrogens with zero attached hydrogens (tertiary/aromatic N) is 1. The topological polar surface area (TPSA) is 38.8 Å². The second-order valence-electron chi connectivity index (χ2n) is 4.78. The smallest absolute Gasteiger partial charge is 0.373 e. The molecule has 0 aliphatic rings. The molecule has 106 valence electrons. The van der Waals surface area contributed by atoms with E-state index in [1.165, 1.54) is 0 Å². The standard InChI is InChI=1S/C15H23NO3/c1-6-11(3)18-19-15(17)14-9-8-13(16(4)5)10-12(14)7-2/h8-11H,6-7H2,1-5H3. The molecule has 0 saturated carbocycles. The Morgan fingerprint density at radius 3 is 2.53 bits per heavy atom. The quantitative estimate of drug-likeness (QED) is 0.585. The molecular weight excluding hydrogens is 242 g/mol. The van der Waals surface area contributed by atoms with Crippen LogP contribution in [0.2, 0.25) is 0 Å². The van der Waals surface area contributed by atoms with Crippen molar-refractivity contribution in [2.75, 3.05) is 19.0 Å². The van der Waals surface area contributed by atoms with Gasteiger partial charge in [0.2, 0.25) is 0 Å². The van der Waals surface area contributed by atoms with Gasteiger partial charge in [0.1, 0.15) is 6.10 Å². The average Bonchev–Trinajstić information content (AvgIpc) is 2.43. The molecule has 1 aromatic rings. The van der Waals surface area contributed by atoms with Crippen LogP contribution in [0.4, 0.5) is 5.69 Å². The van der Waals surface area contributed by atoms with Crippen molar-refractivity contribution in [1.82, 2.24) is 0 Å². The average molecular weight is 265 g/mol. The predicted molar refractivity (Wildman–Crippen MR) is 76.4 cm³/mol. The monoisotopic (exact) mass is 265 g/mol. The van der Waals surface area contributed by atoms with E-state index in [0.717, 1.165) is 24.1 Å². The first-order chi connectivity index (χ1) is 8.99. The summed E-state index contributed by atoms with van der Waals surface area (Å²) in [5.74, 6) is -0.428. The summed E-state index contributed by atoms with van der Waals surface area (Å²) in [6.07, 6.45) is 1.48. The Morgan fingerprint density at radius 1 is 1.32 bits per heavy atom. The van der Waals surface area contributed by atoms with E-state index in [1.54, 1.807) is 6.07 Å². The van der Waals surface area contributed by atoms with Crippen molar-refractivity contribution in [2.45, 2.75) is 39.7 Å². The van der Waals surface area contributed by atoms with Crippen molar-refractivity contribution in [1.29, 1.82) is 0 Å². The van der Waals surface area contributed by atoms with Gasteiger partial charge in [0.15, 0.2) is 0 Å². The van der Waals surface area contributed by atoms with E-state index in [1.807, 2.05) is 51.9 Å². The third-order valence-corrected chi connectivity index (χ3v) is 3.07. The highest BCUT2D eigenvalue weighted by molar-refractivity contribution is 5.91. The summed E-state index contributed by atoms with van der Waals surface area (Å²) in [6, 6.07) is 5.69. The van der Waals surface area contributed by atoms with Crippen LogP contribution >= 0.6 is 0 Å². The van der Waals surface area contributed by atoms with E-state index in [-0.39, 0.29) is 6.10 Å². The fraction of sp³-hybridized carbons (Fsp3) is 0.533. The molecule has 1 aromatic carbocycles. The van der Waals surface area contributed by atoms with Gasteiger partial charge in [-0.2, -0.15) is 4.89 Å². The zero-order valence-corrected chi connectivity index (χ0v) is 12.4. The maximum Gasteiger partial charge on any atom is 0.373 e. The van der Waals surface area contributed by atoms with Crippen LogP contribution in [0.3, 0.4) is 0 Å². The maximum atomic E-state index is 12.0. The van der Waals surface area contributed by atoms with Gasteiger partial charge in [-0.25, -0.2) is 4.79 Å². The Kier molecular flexibility index (Phi) is 5.83. The largest absolute Gasteiger partial charge is 0.378 e. The third kappa shape index (κ3) is 4.24. The number of aryl methyl sites for hydroxylation is 1. The molecule has 4 nitrogen and oxygen atoms in total. The van der Waals surface area contributed by atoms with E-state index in [9.17, 15) is 4.79 Å². The predicted octanol–water partition coefficient (Wildman–Crippen LogP) is 3.20. The maximum absolute atomic E-state index is 12.0. The van der Waals surface area contributed by atoms with Crippen LogP contribution in [0.15, 0.2) is 18.2 Å². The lowest BCUT2D eigenvalue weighted by molar-refractivity contribution is -0.270. The molecule has 1 rings (SSSR count). The fourth-order valence-corrected chi connectivity index (χ4v) is 1.59. The summed E-state index contributed by atoms with van der Waals surface area (Å²) in [5.41, 5.74) is 2.59. The van der Waals surface area contributed by atoms with Gasteiger partial charge in [-0.05, 0) is 43.5 Å². The van der Waals surface area contributed by atoms with Crippen LogP contribution in [0.25, 0.3) is 0 Å². The van der Waals surface area contributed by atoms with Crippen molar-refractivity contribution in [3.8, 4) is 0 Å². The molecule has 0 aliphatic heterocycles. The normalized spacial score (nSPS) is 12.1. The minimum absolute atomic E-state index is 0.0879. The Balaban J connectivity index is 2.84. The molecule has 1 unspecified atom stereocenters. The molecule has 0 fully saturated rings. The summed E-state index contributed by atoms with van der Waals surface area (Å²) in [4.78, 5) is 23.9. The molecule has 19 heavy (non-hydrogen) atoms. The highest BCUT2D eigenvalue weighted by Crippen LogP contribution is 2.19. The van der Waals surface area contributed by atoms with Crippen LogP contribution in [0, 0.1) is 0 Å². The molecule has 0 spiro atoms. The number of rotatable bonds is 6. The van der Waals surface area contributed by atoms with Crippen LogP contribution in [0.5, 0.6) is 0 Å². The molecule has 0 aromatic heterocycles. The van der Waals surface area contributed by atoms with E-state index in [0.29, 0.717) is 5.56 Å². The molecule has 0 saturated heterocycles. The molecule has 0 amide bonds. The SMILES string of the molecule is CCc1cc(N(C)C)ccc1C(=O)OOC(C)CC. The zero-order chi connectivity index (χ0) is 14.4. The molecule has 0 bridgehead atoms. The third-order valence-electron chi connectivity index (χ3n) is 3.07. The van der Waals surface area contributed by atoms with E-state index in [4.69, 9.17) is 9.78 Å². The van der Waals surface area contributed by atoms with Crippen molar-refractivity contribution in [3.05, 3.63) is 29.3 Å². The lowest BCUT2D eigenvalue weighted by Crippen LogP contribution is -2.15. The number of benzene rings is 1. The highest BCUT2D eigenvalue weighted by atomic mass is 17.2. The Labute approximate surface area is 115 Å². The van der Waals surface area contributed by atoms with Gasteiger partial charge in [-0.3, -0.25) is 4.89 Å². The van der Waals surface area contributed by atoms with Gasteiger partial charge in [-0.15, -0.1) is 0 Å². The van der Waals surface area contributed by atoms with Crippen molar-refractivity contribution in [2.24, 2.45) is 0 Å². The van der Waals surface area contributed by atoms with Crippen LogP contribution < -0.4 is 4.90 Å². The van der Waals surface area contributed by atoms with Crippen molar-refractivity contribution in [3.63, 3.8) is 0 Å². The summed E-state index contributed by atoms with van der Waals surface area (Å²) in [7, 11) is 3.94. The number of anilines is 1. The fourth-order valence-electron chi connectivity index (χ4n) is 1.59. The molecular formula is C15H23NO3. The first kappa shape index (κ1) is 15.5. The van der Waals surface area contributed by atoms with Crippen LogP contribution in [-0.2, 0) is 16.2 Å². The van der Waals surface area contributed by atoms with Gasteiger partial charge >= 0.3 is 5.97 Å². The molecule has 0 N–H and O–H groups in total. The number of carbonyl (C=O) groups excluding carboxylic acids is 1. The van der Waals surface area contributed by atoms with E-state index < -0.39 is 5.97 Å². The number of hydrogen-bond donors (Lipinski definition) is 0. The second kappa shape index (κ2) is 7.14. The first-order valence-electron chi connectivity index (χ1n) is 6.67. The summed E-state index contributed by atoms with van der Waals surface area (Å²) in [6.45, 7) is 5.85. The second-order valence-corrected chi connectivity index (χ2v) is 4.78. The van der Waals surface area contributed by atoms with Gasteiger partial charge < -0.3 is 4.90 Å². The summed E-state index contributed by atoms with van der Waals surface area (Å²) >= 11 is 0. The molecule has 0 heterocycles. The summed E-state index contributed by atoms with van der Waals surface area (Å²) < 4.78 is 0. The molecule has 0 radical (unpaired) electrons. The Hall–Kier alpha value is -1.55. The highest BCUT2D eigenvalue weighted by Gasteiger charge is 2.15. The molecule has 1 atom stereocenters. The zero-order valence-electron chi connectivity index (χ0n) is 12.4.